The molecule has 0 saturated heterocycles. The molecule has 1 N–H and O–H groups in total. The van der Waals surface area contributed by atoms with Gasteiger partial charge in [0.05, 0.1) is 13.2 Å². The van der Waals surface area contributed by atoms with Crippen LogP contribution in [0.5, 0.6) is 0 Å². The van der Waals surface area contributed by atoms with E-state index in [4.69, 9.17) is 32.7 Å². The summed E-state index contributed by atoms with van der Waals surface area (Å²) in [5.41, 5.74) is -2.47. The Hall–Kier alpha value is -2.26. The smallest absolute Gasteiger partial charge is 0.369 e. The van der Waals surface area contributed by atoms with E-state index in [2.05, 4.69) is 20.5 Å². The van der Waals surface area contributed by atoms with Crippen molar-refractivity contribution in [3.05, 3.63) is 23.5 Å². The van der Waals surface area contributed by atoms with Crippen molar-refractivity contribution in [1.29, 1.82) is 0 Å². The number of carbonyl (C=O) groups is 3. The fraction of sp³-hybridized carbons (Fsp3) is 0.429. The Kier molecular flexibility index (Phi) is 8.23. The zero-order valence-corrected chi connectivity index (χ0v) is 15.0. The summed E-state index contributed by atoms with van der Waals surface area (Å²) >= 11 is 11.3. The number of hydrogen-bond donors (Lipinski definition) is 1. The molecule has 0 saturated carbocycles. The summed E-state index contributed by atoms with van der Waals surface area (Å²) in [7, 11) is 0. The van der Waals surface area contributed by atoms with Gasteiger partial charge >= 0.3 is 17.6 Å². The number of hydrogen-bond acceptors (Lipinski definition) is 8. The molecule has 0 aliphatic heterocycles. The molecule has 0 spiro atoms. The minimum absolute atomic E-state index is 0.0171. The highest BCUT2D eigenvalue weighted by atomic mass is 35.5. The minimum atomic E-state index is -2.54. The standard InChI is InChI=1S/C14H16Cl2N4O5/c1-3-24-12(22)14(13(23)25-4-2,18-10(21)8-15)20-19-9-6-5-7-17-11(9)16/h5-7H,3-4,8H2,1-2H3,(H,18,21). The summed E-state index contributed by atoms with van der Waals surface area (Å²) in [5, 5.41) is 9.49. The van der Waals surface area contributed by atoms with Crippen molar-refractivity contribution in [3.8, 4) is 0 Å². The second kappa shape index (κ2) is 9.90. The van der Waals surface area contributed by atoms with Crippen molar-refractivity contribution in [1.82, 2.24) is 10.3 Å². The molecule has 1 heterocycles. The van der Waals surface area contributed by atoms with E-state index in [1.54, 1.807) is 0 Å². The molecule has 25 heavy (non-hydrogen) atoms. The highest BCUT2D eigenvalue weighted by Gasteiger charge is 2.52. The van der Waals surface area contributed by atoms with Crippen LogP contribution in [-0.4, -0.2) is 47.6 Å². The van der Waals surface area contributed by atoms with E-state index >= 15 is 0 Å². The van der Waals surface area contributed by atoms with E-state index in [1.165, 1.54) is 32.2 Å². The average molecular weight is 391 g/mol. The SMILES string of the molecule is CCOC(=O)C(N=Nc1cccnc1Cl)(NC(=O)CCl)C(=O)OCC. The Bertz CT molecular complexity index is 650. The number of halogens is 2. The Labute approximate surface area is 153 Å². The molecule has 1 aromatic heterocycles. The molecule has 0 aliphatic rings. The summed E-state index contributed by atoms with van der Waals surface area (Å²) in [4.78, 5) is 40.2. The first kappa shape index (κ1) is 20.8. The maximum atomic E-state index is 12.4. The van der Waals surface area contributed by atoms with Gasteiger partial charge in [-0.05, 0) is 26.0 Å². The second-order valence-electron chi connectivity index (χ2n) is 4.35. The molecular formula is C14H16Cl2N4O5. The maximum absolute atomic E-state index is 12.4. The van der Waals surface area contributed by atoms with Gasteiger partial charge in [0.15, 0.2) is 5.15 Å². The topological polar surface area (TPSA) is 119 Å². The first-order chi connectivity index (χ1) is 11.9. The highest BCUT2D eigenvalue weighted by Crippen LogP contribution is 2.24. The number of ether oxygens (including phenoxy) is 2. The van der Waals surface area contributed by atoms with Gasteiger partial charge in [0.25, 0.3) is 0 Å². The summed E-state index contributed by atoms with van der Waals surface area (Å²) in [6.07, 6.45) is 1.42. The molecule has 11 heteroatoms. The lowest BCUT2D eigenvalue weighted by atomic mass is 10.1. The summed E-state index contributed by atoms with van der Waals surface area (Å²) < 4.78 is 9.68. The lowest BCUT2D eigenvalue weighted by molar-refractivity contribution is -0.167. The van der Waals surface area contributed by atoms with Gasteiger partial charge in [-0.15, -0.1) is 21.8 Å². The Morgan fingerprint density at radius 1 is 1.24 bits per heavy atom. The van der Waals surface area contributed by atoms with Crippen LogP contribution in [-0.2, 0) is 23.9 Å². The molecule has 1 rings (SSSR count). The second-order valence-corrected chi connectivity index (χ2v) is 4.97. The molecule has 1 amide bonds. The third-order valence-corrected chi connectivity index (χ3v) is 3.16. The van der Waals surface area contributed by atoms with Crippen LogP contribution in [0.15, 0.2) is 28.6 Å². The number of rotatable bonds is 8. The molecule has 0 unspecified atom stereocenters. The van der Waals surface area contributed by atoms with Gasteiger partial charge in [-0.25, -0.2) is 14.6 Å². The van der Waals surface area contributed by atoms with Crippen molar-refractivity contribution in [3.63, 3.8) is 0 Å². The molecule has 0 aliphatic carbocycles. The van der Waals surface area contributed by atoms with Crippen molar-refractivity contribution in [2.24, 2.45) is 10.2 Å². The zero-order chi connectivity index (χ0) is 18.9. The Morgan fingerprint density at radius 3 is 2.32 bits per heavy atom. The lowest BCUT2D eigenvalue weighted by Crippen LogP contribution is -2.60. The molecule has 136 valence electrons. The highest BCUT2D eigenvalue weighted by molar-refractivity contribution is 6.31. The first-order valence-corrected chi connectivity index (χ1v) is 8.07. The van der Waals surface area contributed by atoms with Crippen LogP contribution in [0.1, 0.15) is 13.8 Å². The van der Waals surface area contributed by atoms with E-state index in [0.717, 1.165) is 0 Å². The van der Waals surface area contributed by atoms with E-state index in [9.17, 15) is 14.4 Å². The van der Waals surface area contributed by atoms with Crippen LogP contribution in [0.4, 0.5) is 5.69 Å². The predicted molar refractivity (Wildman–Crippen MR) is 88.6 cm³/mol. The molecule has 1 aromatic rings. The van der Waals surface area contributed by atoms with Crippen LogP contribution in [0.2, 0.25) is 5.15 Å². The Balaban J connectivity index is 3.39. The van der Waals surface area contributed by atoms with Gasteiger partial charge in [0, 0.05) is 6.20 Å². The number of esters is 2. The van der Waals surface area contributed by atoms with E-state index in [-0.39, 0.29) is 24.1 Å². The number of nitrogens with one attached hydrogen (secondary N) is 1. The monoisotopic (exact) mass is 390 g/mol. The number of pyridine rings is 1. The number of carbonyl (C=O) groups excluding carboxylic acids is 3. The van der Waals surface area contributed by atoms with Gasteiger partial charge in [-0.1, -0.05) is 11.6 Å². The quantitative estimate of drug-likeness (QED) is 0.238. The molecule has 0 bridgehead atoms. The molecular weight excluding hydrogens is 375 g/mol. The predicted octanol–water partition coefficient (Wildman–Crippen LogP) is 2.00. The van der Waals surface area contributed by atoms with E-state index < -0.39 is 29.4 Å². The van der Waals surface area contributed by atoms with Crippen molar-refractivity contribution < 1.29 is 23.9 Å². The number of nitrogens with zero attached hydrogens (tertiary/aromatic N) is 3. The summed E-state index contributed by atoms with van der Waals surface area (Å²) in [6.45, 7) is 2.90. The number of azo groups is 1. The normalized spacial score (nSPS) is 11.2. The zero-order valence-electron chi connectivity index (χ0n) is 13.5. The van der Waals surface area contributed by atoms with Crippen LogP contribution in [0.25, 0.3) is 0 Å². The van der Waals surface area contributed by atoms with Gasteiger partial charge in [0.1, 0.15) is 11.6 Å². The largest absolute Gasteiger partial charge is 0.462 e. The van der Waals surface area contributed by atoms with Gasteiger partial charge in [0.2, 0.25) is 5.91 Å². The number of aromatic nitrogens is 1. The molecule has 0 atom stereocenters. The lowest BCUT2D eigenvalue weighted by Gasteiger charge is -2.24. The van der Waals surface area contributed by atoms with Crippen LogP contribution < -0.4 is 5.32 Å². The molecule has 0 aromatic carbocycles. The molecule has 9 nitrogen and oxygen atoms in total. The van der Waals surface area contributed by atoms with Crippen molar-refractivity contribution >= 4 is 46.7 Å². The number of alkyl halides is 1. The van der Waals surface area contributed by atoms with Crippen LogP contribution in [0, 0.1) is 0 Å². The summed E-state index contributed by atoms with van der Waals surface area (Å²) in [6, 6.07) is 2.97. The summed E-state index contributed by atoms with van der Waals surface area (Å²) in [5.74, 6) is -3.71. The third-order valence-electron chi connectivity index (χ3n) is 2.63. The van der Waals surface area contributed by atoms with Gasteiger partial charge < -0.3 is 14.8 Å². The Morgan fingerprint density at radius 2 is 1.84 bits per heavy atom. The van der Waals surface area contributed by atoms with Crippen LogP contribution in [0.3, 0.4) is 0 Å². The fourth-order valence-corrected chi connectivity index (χ4v) is 1.80. The minimum Gasteiger partial charge on any atom is -0.462 e. The van der Waals surface area contributed by atoms with Crippen molar-refractivity contribution in [2.45, 2.75) is 19.5 Å². The average Bonchev–Trinajstić information content (AvgIpc) is 2.59. The molecule has 0 radical (unpaired) electrons. The van der Waals surface area contributed by atoms with Gasteiger partial charge in [-0.2, -0.15) is 0 Å². The fourth-order valence-electron chi connectivity index (χ4n) is 1.58. The number of amides is 1. The first-order valence-electron chi connectivity index (χ1n) is 7.16. The third kappa shape index (κ3) is 5.36. The maximum Gasteiger partial charge on any atom is 0.369 e. The van der Waals surface area contributed by atoms with Crippen LogP contribution >= 0.6 is 23.2 Å². The van der Waals surface area contributed by atoms with Crippen molar-refractivity contribution in [2.75, 3.05) is 19.1 Å². The van der Waals surface area contributed by atoms with Gasteiger partial charge in [-0.3, -0.25) is 4.79 Å². The van der Waals surface area contributed by atoms with E-state index in [1.807, 2.05) is 0 Å². The van der Waals surface area contributed by atoms with E-state index in [0.29, 0.717) is 0 Å². The molecule has 0 fully saturated rings.